The predicted octanol–water partition coefficient (Wildman–Crippen LogP) is 4.67. The number of rotatable bonds is 4. The molecule has 0 radical (unpaired) electrons. The first-order valence-electron chi connectivity index (χ1n) is 6.03. The monoisotopic (exact) mass is 401 g/mol. The molecule has 0 spiro atoms. The van der Waals surface area contributed by atoms with E-state index >= 15 is 0 Å². The fourth-order valence-electron chi connectivity index (χ4n) is 2.09. The summed E-state index contributed by atoms with van der Waals surface area (Å²) in [6.07, 6.45) is 0. The highest BCUT2D eigenvalue weighted by molar-refractivity contribution is 9.10. The highest BCUT2D eigenvalue weighted by atomic mass is 79.9. The van der Waals surface area contributed by atoms with E-state index in [4.69, 9.17) is 4.74 Å². The van der Waals surface area contributed by atoms with Gasteiger partial charge in [0.15, 0.2) is 0 Å². The molecule has 0 aliphatic rings. The van der Waals surface area contributed by atoms with Gasteiger partial charge in [-0.3, -0.25) is 0 Å². The van der Waals surface area contributed by atoms with Gasteiger partial charge in [0.05, 0.1) is 17.6 Å². The molecule has 1 unspecified atom stereocenters. The van der Waals surface area contributed by atoms with Crippen LogP contribution in [0.2, 0.25) is 0 Å². The average Bonchev–Trinajstić information content (AvgIpc) is 2.45. The second-order valence-electron chi connectivity index (χ2n) is 4.25. The van der Waals surface area contributed by atoms with Gasteiger partial charge in [0.2, 0.25) is 0 Å². The zero-order chi connectivity index (χ0) is 14.7. The quantitative estimate of drug-likeness (QED) is 0.802. The van der Waals surface area contributed by atoms with E-state index in [1.54, 1.807) is 19.2 Å². The number of hydrogen-bond acceptors (Lipinski definition) is 2. The van der Waals surface area contributed by atoms with E-state index in [1.165, 1.54) is 0 Å². The lowest BCUT2D eigenvalue weighted by Crippen LogP contribution is -2.19. The second kappa shape index (κ2) is 6.70. The molecule has 0 bridgehead atoms. The molecular formula is C15H14Br2FNO. The predicted molar refractivity (Wildman–Crippen MR) is 85.7 cm³/mol. The molecule has 1 atom stereocenters. The molecule has 5 heteroatoms. The molecule has 2 aromatic carbocycles. The van der Waals surface area contributed by atoms with Crippen LogP contribution in [0.15, 0.2) is 45.3 Å². The summed E-state index contributed by atoms with van der Waals surface area (Å²) in [5, 5.41) is 3.15. The third kappa shape index (κ3) is 3.05. The van der Waals surface area contributed by atoms with Gasteiger partial charge in [-0.05, 0) is 46.7 Å². The van der Waals surface area contributed by atoms with Gasteiger partial charge in [-0.2, -0.15) is 0 Å². The van der Waals surface area contributed by atoms with Crippen molar-refractivity contribution in [2.45, 2.75) is 6.04 Å². The molecule has 0 aliphatic carbocycles. The molecule has 0 fully saturated rings. The van der Waals surface area contributed by atoms with Gasteiger partial charge in [-0.1, -0.05) is 34.1 Å². The summed E-state index contributed by atoms with van der Waals surface area (Å²) in [4.78, 5) is 0. The van der Waals surface area contributed by atoms with Crippen molar-refractivity contribution in [1.29, 1.82) is 0 Å². The van der Waals surface area contributed by atoms with E-state index in [0.717, 1.165) is 15.8 Å². The third-order valence-corrected chi connectivity index (χ3v) is 4.40. The maximum Gasteiger partial charge on any atom is 0.142 e. The van der Waals surface area contributed by atoms with Gasteiger partial charge in [-0.15, -0.1) is 0 Å². The number of benzene rings is 2. The molecule has 2 aromatic rings. The number of hydrogen-bond donors (Lipinski definition) is 1. The van der Waals surface area contributed by atoms with Crippen molar-refractivity contribution in [3.63, 3.8) is 0 Å². The normalized spacial score (nSPS) is 12.2. The van der Waals surface area contributed by atoms with E-state index in [2.05, 4.69) is 37.2 Å². The first-order chi connectivity index (χ1) is 9.58. The summed E-state index contributed by atoms with van der Waals surface area (Å²) in [6.45, 7) is 0. The largest absolute Gasteiger partial charge is 0.497 e. The Balaban J connectivity index is 2.50. The van der Waals surface area contributed by atoms with Crippen molar-refractivity contribution < 1.29 is 9.13 Å². The van der Waals surface area contributed by atoms with Crippen LogP contribution < -0.4 is 10.1 Å². The van der Waals surface area contributed by atoms with Crippen LogP contribution in [0.25, 0.3) is 0 Å². The maximum atomic E-state index is 14.3. The van der Waals surface area contributed by atoms with Crippen molar-refractivity contribution in [1.82, 2.24) is 5.32 Å². The third-order valence-electron chi connectivity index (χ3n) is 3.10. The smallest absolute Gasteiger partial charge is 0.142 e. The van der Waals surface area contributed by atoms with Gasteiger partial charge in [-0.25, -0.2) is 4.39 Å². The van der Waals surface area contributed by atoms with Crippen LogP contribution in [0.5, 0.6) is 5.75 Å². The molecule has 0 saturated carbocycles. The lowest BCUT2D eigenvalue weighted by atomic mass is 9.98. The van der Waals surface area contributed by atoms with Crippen LogP contribution in [-0.4, -0.2) is 14.2 Å². The van der Waals surface area contributed by atoms with Crippen molar-refractivity contribution >= 4 is 31.9 Å². The summed E-state index contributed by atoms with van der Waals surface area (Å²) in [6, 6.07) is 10.7. The molecule has 0 amide bonds. The second-order valence-corrected chi connectivity index (χ2v) is 5.96. The van der Waals surface area contributed by atoms with Gasteiger partial charge >= 0.3 is 0 Å². The van der Waals surface area contributed by atoms with Gasteiger partial charge < -0.3 is 10.1 Å². The summed E-state index contributed by atoms with van der Waals surface area (Å²) in [5.41, 5.74) is 1.54. The summed E-state index contributed by atoms with van der Waals surface area (Å²) in [5.74, 6) is 0.500. The standard InChI is InChI=1S/C15H14Br2FNO/c1-19-15(11-4-3-5-12(16)14(11)18)10-7-6-9(20-2)8-13(10)17/h3-8,15,19H,1-2H3. The molecule has 0 aromatic heterocycles. The van der Waals surface area contributed by atoms with E-state index in [0.29, 0.717) is 10.0 Å². The summed E-state index contributed by atoms with van der Waals surface area (Å²) < 4.78 is 20.8. The van der Waals surface area contributed by atoms with E-state index in [1.807, 2.05) is 31.3 Å². The Labute approximate surface area is 134 Å². The number of halogens is 3. The van der Waals surface area contributed by atoms with Crippen molar-refractivity contribution in [2.75, 3.05) is 14.2 Å². The number of nitrogens with one attached hydrogen (secondary N) is 1. The SMILES string of the molecule is CNC(c1ccc(OC)cc1Br)c1cccc(Br)c1F. The minimum absolute atomic E-state index is 0.243. The van der Waals surface area contributed by atoms with Gasteiger partial charge in [0.1, 0.15) is 11.6 Å². The van der Waals surface area contributed by atoms with E-state index < -0.39 is 0 Å². The minimum Gasteiger partial charge on any atom is -0.497 e. The highest BCUT2D eigenvalue weighted by Gasteiger charge is 2.20. The zero-order valence-corrected chi connectivity index (χ0v) is 14.3. The minimum atomic E-state index is -0.255. The average molecular weight is 403 g/mol. The van der Waals surface area contributed by atoms with E-state index in [9.17, 15) is 4.39 Å². The Morgan fingerprint density at radius 2 is 1.85 bits per heavy atom. The van der Waals surface area contributed by atoms with Crippen LogP contribution >= 0.6 is 31.9 Å². The Kier molecular flexibility index (Phi) is 5.18. The summed E-state index contributed by atoms with van der Waals surface area (Å²) >= 11 is 6.74. The van der Waals surface area contributed by atoms with Gasteiger partial charge in [0.25, 0.3) is 0 Å². The van der Waals surface area contributed by atoms with Crippen molar-refractivity contribution in [3.8, 4) is 5.75 Å². The topological polar surface area (TPSA) is 21.3 Å². The molecule has 2 rings (SSSR count). The molecule has 0 saturated heterocycles. The number of methoxy groups -OCH3 is 1. The Bertz CT molecular complexity index is 619. The fraction of sp³-hybridized carbons (Fsp3) is 0.200. The van der Waals surface area contributed by atoms with Crippen LogP contribution in [-0.2, 0) is 0 Å². The molecule has 106 valence electrons. The zero-order valence-electron chi connectivity index (χ0n) is 11.1. The van der Waals surface area contributed by atoms with Crippen LogP contribution in [0.4, 0.5) is 4.39 Å². The lowest BCUT2D eigenvalue weighted by molar-refractivity contribution is 0.414. The van der Waals surface area contributed by atoms with Crippen LogP contribution in [0.3, 0.4) is 0 Å². The maximum absolute atomic E-state index is 14.3. The summed E-state index contributed by atoms with van der Waals surface area (Å²) in [7, 11) is 3.42. The van der Waals surface area contributed by atoms with Crippen molar-refractivity contribution in [3.05, 3.63) is 62.3 Å². The molecule has 2 nitrogen and oxygen atoms in total. The molecular weight excluding hydrogens is 389 g/mol. The molecule has 0 aliphatic heterocycles. The Hall–Kier alpha value is -0.910. The Morgan fingerprint density at radius 1 is 1.10 bits per heavy atom. The van der Waals surface area contributed by atoms with E-state index in [-0.39, 0.29) is 11.9 Å². The van der Waals surface area contributed by atoms with Crippen molar-refractivity contribution in [2.24, 2.45) is 0 Å². The highest BCUT2D eigenvalue weighted by Crippen LogP contribution is 2.33. The van der Waals surface area contributed by atoms with Crippen LogP contribution in [0, 0.1) is 5.82 Å². The molecule has 0 heterocycles. The first-order valence-corrected chi connectivity index (χ1v) is 7.61. The molecule has 20 heavy (non-hydrogen) atoms. The van der Waals surface area contributed by atoms with Gasteiger partial charge in [0, 0.05) is 10.0 Å². The van der Waals surface area contributed by atoms with Crippen LogP contribution in [0.1, 0.15) is 17.2 Å². The lowest BCUT2D eigenvalue weighted by Gasteiger charge is -2.20. The Morgan fingerprint density at radius 3 is 2.45 bits per heavy atom. The molecule has 1 N–H and O–H groups in total. The fourth-order valence-corrected chi connectivity index (χ4v) is 3.06. The number of ether oxygens (including phenoxy) is 1. The first kappa shape index (κ1) is 15.5.